The van der Waals surface area contributed by atoms with Crippen molar-refractivity contribution >= 4 is 23.9 Å². The molecule has 1 aliphatic heterocycles. The van der Waals surface area contributed by atoms with Crippen LogP contribution in [0.4, 0.5) is 4.79 Å². The highest BCUT2D eigenvalue weighted by Gasteiger charge is 2.39. The molecule has 156 valence electrons. The molecule has 0 saturated heterocycles. The predicted molar refractivity (Wildman–Crippen MR) is 103 cm³/mol. The van der Waals surface area contributed by atoms with Gasteiger partial charge in [-0.3, -0.25) is 9.59 Å². The second-order valence-electron chi connectivity index (χ2n) is 8.48. The van der Waals surface area contributed by atoms with E-state index in [1.807, 2.05) is 20.8 Å². The van der Waals surface area contributed by atoms with E-state index in [0.29, 0.717) is 5.06 Å². The number of ether oxygens (including phenoxy) is 1. The van der Waals surface area contributed by atoms with Crippen molar-refractivity contribution in [3.63, 3.8) is 0 Å². The number of benzene rings is 1. The SMILES string of the molecule is CC(C)(C)OC(=O)NC1CCC(CC(=O)ON2C(=O)c3ccccc3C2=O)CC1. The molecular weight excluding hydrogens is 376 g/mol. The molecule has 3 amide bonds. The molecule has 29 heavy (non-hydrogen) atoms. The number of carbonyl (C=O) groups is 4. The van der Waals surface area contributed by atoms with Gasteiger partial charge in [0.15, 0.2) is 0 Å². The van der Waals surface area contributed by atoms with Gasteiger partial charge in [0.05, 0.1) is 17.5 Å². The van der Waals surface area contributed by atoms with Crippen LogP contribution < -0.4 is 5.32 Å². The second-order valence-corrected chi connectivity index (χ2v) is 8.48. The monoisotopic (exact) mass is 402 g/mol. The van der Waals surface area contributed by atoms with Crippen LogP contribution in [0.2, 0.25) is 0 Å². The minimum Gasteiger partial charge on any atom is -0.444 e. The number of imide groups is 1. The van der Waals surface area contributed by atoms with Crippen LogP contribution in [0.1, 0.15) is 73.6 Å². The van der Waals surface area contributed by atoms with Crippen molar-refractivity contribution < 1.29 is 28.8 Å². The van der Waals surface area contributed by atoms with Crippen LogP contribution in [0.15, 0.2) is 24.3 Å². The highest BCUT2D eigenvalue weighted by molar-refractivity contribution is 6.20. The van der Waals surface area contributed by atoms with Crippen LogP contribution in [-0.2, 0) is 14.4 Å². The topological polar surface area (TPSA) is 102 Å². The molecule has 1 saturated carbocycles. The number of nitrogens with zero attached hydrogens (tertiary/aromatic N) is 1. The fourth-order valence-electron chi connectivity index (χ4n) is 3.61. The predicted octanol–water partition coefficient (Wildman–Crippen LogP) is 3.21. The van der Waals surface area contributed by atoms with Crippen LogP contribution in [-0.4, -0.2) is 40.6 Å². The van der Waals surface area contributed by atoms with Crippen molar-refractivity contribution in [3.05, 3.63) is 35.4 Å². The molecule has 0 spiro atoms. The number of hydrogen-bond donors (Lipinski definition) is 1. The summed E-state index contributed by atoms with van der Waals surface area (Å²) in [5.41, 5.74) is -0.0761. The first-order valence-electron chi connectivity index (χ1n) is 9.82. The summed E-state index contributed by atoms with van der Waals surface area (Å²) in [7, 11) is 0. The van der Waals surface area contributed by atoms with Crippen LogP contribution in [0.25, 0.3) is 0 Å². The third-order valence-electron chi connectivity index (χ3n) is 4.97. The van der Waals surface area contributed by atoms with Crippen LogP contribution >= 0.6 is 0 Å². The number of carbonyl (C=O) groups excluding carboxylic acids is 4. The Morgan fingerprint density at radius 2 is 1.59 bits per heavy atom. The maximum Gasteiger partial charge on any atom is 0.407 e. The second kappa shape index (κ2) is 8.23. The average molecular weight is 402 g/mol. The molecule has 3 rings (SSSR count). The first kappa shape index (κ1) is 20.8. The molecule has 1 aliphatic carbocycles. The van der Waals surface area contributed by atoms with Crippen molar-refractivity contribution in [2.45, 2.75) is 64.5 Å². The Bertz CT molecular complexity index is 786. The van der Waals surface area contributed by atoms with Crippen molar-refractivity contribution in [2.75, 3.05) is 0 Å². The summed E-state index contributed by atoms with van der Waals surface area (Å²) >= 11 is 0. The van der Waals surface area contributed by atoms with Crippen molar-refractivity contribution in [3.8, 4) is 0 Å². The van der Waals surface area contributed by atoms with E-state index in [4.69, 9.17) is 9.57 Å². The van der Waals surface area contributed by atoms with Crippen LogP contribution in [0.5, 0.6) is 0 Å². The molecule has 2 aliphatic rings. The summed E-state index contributed by atoms with van der Waals surface area (Å²) in [6.45, 7) is 5.43. The van der Waals surface area contributed by atoms with Gasteiger partial charge in [-0.1, -0.05) is 17.2 Å². The minimum atomic E-state index is -0.621. The third kappa shape index (κ3) is 5.13. The fraction of sp³-hybridized carbons (Fsp3) is 0.524. The number of hydroxylamine groups is 2. The maximum atomic E-state index is 12.3. The molecule has 1 fully saturated rings. The molecule has 1 N–H and O–H groups in total. The lowest BCUT2D eigenvalue weighted by atomic mass is 9.84. The Morgan fingerprint density at radius 3 is 2.10 bits per heavy atom. The summed E-state index contributed by atoms with van der Waals surface area (Å²) in [5, 5.41) is 3.40. The van der Waals surface area contributed by atoms with Gasteiger partial charge in [0.2, 0.25) is 0 Å². The molecule has 1 aromatic rings. The molecule has 0 bridgehead atoms. The smallest absolute Gasteiger partial charge is 0.407 e. The molecular formula is C21H26N2O6. The standard InChI is InChI=1S/C21H26N2O6/c1-21(2,3)28-20(27)22-14-10-8-13(9-11-14)12-17(24)29-23-18(25)15-6-4-5-7-16(15)19(23)26/h4-7,13-14H,8-12H2,1-3H3,(H,22,27). The van der Waals surface area contributed by atoms with Gasteiger partial charge in [-0.15, -0.1) is 0 Å². The number of alkyl carbamates (subject to hydrolysis) is 1. The van der Waals surface area contributed by atoms with Gasteiger partial charge in [-0.05, 0) is 64.5 Å². The Balaban J connectivity index is 1.44. The van der Waals surface area contributed by atoms with Gasteiger partial charge in [0, 0.05) is 6.04 Å². The third-order valence-corrected chi connectivity index (χ3v) is 4.97. The normalized spacial score (nSPS) is 21.6. The van der Waals surface area contributed by atoms with E-state index in [-0.39, 0.29) is 29.5 Å². The van der Waals surface area contributed by atoms with Gasteiger partial charge >= 0.3 is 12.1 Å². The highest BCUT2D eigenvalue weighted by Crippen LogP contribution is 2.29. The van der Waals surface area contributed by atoms with E-state index in [1.54, 1.807) is 12.1 Å². The van der Waals surface area contributed by atoms with Gasteiger partial charge < -0.3 is 14.9 Å². The van der Waals surface area contributed by atoms with Crippen LogP contribution in [0, 0.1) is 5.92 Å². The molecule has 0 unspecified atom stereocenters. The molecule has 1 aromatic carbocycles. The van der Waals surface area contributed by atoms with Crippen molar-refractivity contribution in [1.29, 1.82) is 0 Å². The lowest BCUT2D eigenvalue weighted by molar-refractivity contribution is -0.170. The lowest BCUT2D eigenvalue weighted by Crippen LogP contribution is -2.41. The van der Waals surface area contributed by atoms with Crippen molar-refractivity contribution in [2.24, 2.45) is 5.92 Å². The number of amides is 3. The summed E-state index contributed by atoms with van der Waals surface area (Å²) < 4.78 is 5.26. The summed E-state index contributed by atoms with van der Waals surface area (Å²) in [4.78, 5) is 53.7. The number of fused-ring (bicyclic) bond motifs is 1. The molecule has 0 atom stereocenters. The summed E-state index contributed by atoms with van der Waals surface area (Å²) in [6.07, 6.45) is 2.60. The Morgan fingerprint density at radius 1 is 1.03 bits per heavy atom. The number of nitrogens with one attached hydrogen (secondary N) is 1. The zero-order valence-electron chi connectivity index (χ0n) is 16.9. The lowest BCUT2D eigenvalue weighted by Gasteiger charge is -2.29. The van der Waals surface area contributed by atoms with Gasteiger partial charge in [0.1, 0.15) is 5.60 Å². The van der Waals surface area contributed by atoms with Crippen molar-refractivity contribution in [1.82, 2.24) is 10.4 Å². The van der Waals surface area contributed by atoms with Gasteiger partial charge in [0.25, 0.3) is 11.8 Å². The van der Waals surface area contributed by atoms with E-state index < -0.39 is 29.5 Å². The van der Waals surface area contributed by atoms with E-state index >= 15 is 0 Å². The minimum absolute atomic E-state index is 0.00774. The van der Waals surface area contributed by atoms with E-state index in [2.05, 4.69) is 5.32 Å². The highest BCUT2D eigenvalue weighted by atomic mass is 16.7. The Labute approximate surface area is 169 Å². The zero-order valence-corrected chi connectivity index (χ0v) is 16.9. The molecule has 8 heteroatoms. The molecule has 1 heterocycles. The zero-order chi connectivity index (χ0) is 21.2. The molecule has 0 radical (unpaired) electrons. The quantitative estimate of drug-likeness (QED) is 0.776. The number of hydrogen-bond acceptors (Lipinski definition) is 6. The average Bonchev–Trinajstić information content (AvgIpc) is 2.87. The molecule has 0 aromatic heterocycles. The summed E-state index contributed by atoms with van der Waals surface area (Å²) in [5.74, 6) is -1.77. The first-order valence-corrected chi connectivity index (χ1v) is 9.82. The first-order chi connectivity index (χ1) is 13.6. The van der Waals surface area contributed by atoms with E-state index in [9.17, 15) is 19.2 Å². The Kier molecular flexibility index (Phi) is 5.91. The largest absolute Gasteiger partial charge is 0.444 e. The maximum absolute atomic E-state index is 12.3. The van der Waals surface area contributed by atoms with Gasteiger partial charge in [-0.25, -0.2) is 9.59 Å². The summed E-state index contributed by atoms with van der Waals surface area (Å²) in [6, 6.07) is 6.37. The van der Waals surface area contributed by atoms with E-state index in [0.717, 1.165) is 25.7 Å². The fourth-order valence-corrected chi connectivity index (χ4v) is 3.61. The van der Waals surface area contributed by atoms with E-state index in [1.165, 1.54) is 12.1 Å². The Hall–Kier alpha value is -2.90. The van der Waals surface area contributed by atoms with Gasteiger partial charge in [-0.2, -0.15) is 0 Å². The number of rotatable bonds is 4. The van der Waals surface area contributed by atoms with Crippen LogP contribution in [0.3, 0.4) is 0 Å². The molecule has 8 nitrogen and oxygen atoms in total.